The Morgan fingerprint density at radius 2 is 1.69 bits per heavy atom. The average molecular weight is 489 g/mol. The number of nitrogens with zero attached hydrogens (tertiary/aromatic N) is 1. The van der Waals surface area contributed by atoms with E-state index in [1.54, 1.807) is 53.9 Å². The summed E-state index contributed by atoms with van der Waals surface area (Å²) < 4.78 is 5.21. The van der Waals surface area contributed by atoms with Crippen LogP contribution in [0.5, 0.6) is 0 Å². The molecule has 3 aromatic rings. The summed E-state index contributed by atoms with van der Waals surface area (Å²) in [6.07, 6.45) is 1.12. The Kier molecular flexibility index (Phi) is 6.00. The predicted molar refractivity (Wildman–Crippen MR) is 128 cm³/mol. The second-order valence-electron chi connectivity index (χ2n) is 8.22. The van der Waals surface area contributed by atoms with Gasteiger partial charge in [-0.2, -0.15) is 0 Å². The van der Waals surface area contributed by atoms with Crippen LogP contribution in [0.4, 0.5) is 5.69 Å². The van der Waals surface area contributed by atoms with Crippen LogP contribution in [0.1, 0.15) is 54.4 Å². The van der Waals surface area contributed by atoms with E-state index < -0.39 is 24.5 Å². The standard InChI is InChI=1S/C26H20N2O6S/c29-21(14-34-26(33)19-10-4-12-28(19)25(32)20-11-5-13-35-20)27-18-9-3-8-17-22(18)24(31)16-7-2-1-6-15(16)23(17)30/h1-3,5-9,11,13,19H,4,10,12,14H2,(H,27,29). The van der Waals surface area contributed by atoms with Gasteiger partial charge in [0.1, 0.15) is 6.04 Å². The normalized spacial score (nSPS) is 16.5. The zero-order valence-corrected chi connectivity index (χ0v) is 19.3. The van der Waals surface area contributed by atoms with E-state index in [1.807, 2.05) is 0 Å². The number of hydrogen-bond acceptors (Lipinski definition) is 7. The zero-order valence-electron chi connectivity index (χ0n) is 18.5. The highest BCUT2D eigenvalue weighted by atomic mass is 32.1. The van der Waals surface area contributed by atoms with E-state index in [0.29, 0.717) is 29.8 Å². The predicted octanol–water partition coefficient (Wildman–Crippen LogP) is 3.31. The minimum atomic E-state index is -0.752. The summed E-state index contributed by atoms with van der Waals surface area (Å²) >= 11 is 1.30. The SMILES string of the molecule is O=C(COC(=O)C1CCCN1C(=O)c1cccs1)Nc1cccc2c1C(=O)c1ccccc1C2=O. The number of ether oxygens (including phenoxy) is 1. The molecule has 0 saturated carbocycles. The summed E-state index contributed by atoms with van der Waals surface area (Å²) in [5.41, 5.74) is 1.08. The highest BCUT2D eigenvalue weighted by Crippen LogP contribution is 2.32. The topological polar surface area (TPSA) is 110 Å². The second-order valence-corrected chi connectivity index (χ2v) is 9.17. The van der Waals surface area contributed by atoms with E-state index in [2.05, 4.69) is 5.32 Å². The lowest BCUT2D eigenvalue weighted by molar-refractivity contribution is -0.151. The Bertz CT molecular complexity index is 1360. The highest BCUT2D eigenvalue weighted by molar-refractivity contribution is 7.12. The fourth-order valence-electron chi connectivity index (χ4n) is 4.46. The van der Waals surface area contributed by atoms with Crippen molar-refractivity contribution in [3.63, 3.8) is 0 Å². The lowest BCUT2D eigenvalue weighted by Crippen LogP contribution is -2.41. The number of amides is 2. The van der Waals surface area contributed by atoms with Gasteiger partial charge in [-0.25, -0.2) is 4.79 Å². The maximum Gasteiger partial charge on any atom is 0.329 e. The zero-order chi connectivity index (χ0) is 24.5. The quantitative estimate of drug-likeness (QED) is 0.432. The Balaban J connectivity index is 1.26. The first-order valence-electron chi connectivity index (χ1n) is 11.1. The van der Waals surface area contributed by atoms with Crippen molar-refractivity contribution in [3.8, 4) is 0 Å². The molecule has 8 nitrogen and oxygen atoms in total. The average Bonchev–Trinajstić information content (AvgIpc) is 3.58. The number of thiophene rings is 1. The van der Waals surface area contributed by atoms with Gasteiger partial charge in [0.15, 0.2) is 18.2 Å². The molecule has 176 valence electrons. The maximum absolute atomic E-state index is 13.1. The summed E-state index contributed by atoms with van der Waals surface area (Å²) in [5, 5.41) is 4.38. The van der Waals surface area contributed by atoms with E-state index >= 15 is 0 Å². The lowest BCUT2D eigenvalue weighted by atomic mass is 9.83. The Morgan fingerprint density at radius 3 is 2.43 bits per heavy atom. The minimum absolute atomic E-state index is 0.111. The fraction of sp³-hybridized carbons (Fsp3) is 0.192. The number of anilines is 1. The summed E-state index contributed by atoms with van der Waals surface area (Å²) in [4.78, 5) is 65.9. The Morgan fingerprint density at radius 1 is 0.943 bits per heavy atom. The van der Waals surface area contributed by atoms with Crippen LogP contribution in [0.2, 0.25) is 0 Å². The molecule has 9 heteroatoms. The van der Waals surface area contributed by atoms with E-state index in [1.165, 1.54) is 22.3 Å². The molecule has 0 spiro atoms. The van der Waals surface area contributed by atoms with Gasteiger partial charge in [0.25, 0.3) is 11.8 Å². The molecule has 1 fully saturated rings. The molecular weight excluding hydrogens is 468 g/mol. The van der Waals surface area contributed by atoms with Gasteiger partial charge < -0.3 is 15.0 Å². The molecule has 1 unspecified atom stereocenters. The van der Waals surface area contributed by atoms with Crippen LogP contribution in [0.15, 0.2) is 60.0 Å². The van der Waals surface area contributed by atoms with E-state index in [4.69, 9.17) is 4.74 Å². The van der Waals surface area contributed by atoms with Gasteiger partial charge in [0, 0.05) is 23.2 Å². The number of nitrogens with one attached hydrogen (secondary N) is 1. The van der Waals surface area contributed by atoms with Gasteiger partial charge in [-0.15, -0.1) is 11.3 Å². The molecule has 0 radical (unpaired) electrons. The molecule has 35 heavy (non-hydrogen) atoms. The van der Waals surface area contributed by atoms with Crippen molar-refractivity contribution in [2.75, 3.05) is 18.5 Å². The highest BCUT2D eigenvalue weighted by Gasteiger charge is 2.36. The first-order chi connectivity index (χ1) is 17.0. The van der Waals surface area contributed by atoms with Crippen LogP contribution in [0, 0.1) is 0 Å². The van der Waals surface area contributed by atoms with E-state index in [-0.39, 0.29) is 39.9 Å². The number of carbonyl (C=O) groups excluding carboxylic acids is 5. The molecule has 2 heterocycles. The van der Waals surface area contributed by atoms with Gasteiger partial charge in [-0.1, -0.05) is 42.5 Å². The van der Waals surface area contributed by atoms with Crippen LogP contribution in [0.25, 0.3) is 0 Å². The van der Waals surface area contributed by atoms with Crippen LogP contribution in [-0.2, 0) is 14.3 Å². The van der Waals surface area contributed by atoms with Crippen molar-refractivity contribution >= 4 is 46.4 Å². The van der Waals surface area contributed by atoms with Crippen molar-refractivity contribution in [1.29, 1.82) is 0 Å². The van der Waals surface area contributed by atoms with Gasteiger partial charge >= 0.3 is 5.97 Å². The molecule has 5 rings (SSSR count). The molecule has 2 aliphatic rings. The van der Waals surface area contributed by atoms with Crippen LogP contribution in [0.3, 0.4) is 0 Å². The molecule has 1 aliphatic heterocycles. The van der Waals surface area contributed by atoms with Crippen LogP contribution < -0.4 is 5.32 Å². The summed E-state index contributed by atoms with van der Waals surface area (Å²) in [5.74, 6) is -2.20. The third kappa shape index (κ3) is 4.15. The molecular formula is C26H20N2O6S. The molecule has 1 aliphatic carbocycles. The summed E-state index contributed by atoms with van der Waals surface area (Å²) in [6.45, 7) is -0.144. The van der Waals surface area contributed by atoms with Gasteiger partial charge in [0.05, 0.1) is 16.1 Å². The largest absolute Gasteiger partial charge is 0.454 e. The van der Waals surface area contributed by atoms with Crippen molar-refractivity contribution < 1.29 is 28.7 Å². The Hall–Kier alpha value is -4.11. The lowest BCUT2D eigenvalue weighted by Gasteiger charge is -2.23. The molecule has 1 saturated heterocycles. The third-order valence-corrected chi connectivity index (χ3v) is 6.95. The molecule has 2 aromatic carbocycles. The maximum atomic E-state index is 13.1. The summed E-state index contributed by atoms with van der Waals surface area (Å²) in [7, 11) is 0. The van der Waals surface area contributed by atoms with Gasteiger partial charge in [-0.05, 0) is 30.4 Å². The van der Waals surface area contributed by atoms with Crippen LogP contribution in [-0.4, -0.2) is 53.4 Å². The number of esters is 1. The number of fused-ring (bicyclic) bond motifs is 2. The smallest absolute Gasteiger partial charge is 0.329 e. The number of hydrogen-bond donors (Lipinski definition) is 1. The van der Waals surface area contributed by atoms with E-state index in [9.17, 15) is 24.0 Å². The monoisotopic (exact) mass is 488 g/mol. The molecule has 1 N–H and O–H groups in total. The minimum Gasteiger partial charge on any atom is -0.454 e. The third-order valence-electron chi connectivity index (χ3n) is 6.09. The number of likely N-dealkylation sites (tertiary alicyclic amines) is 1. The van der Waals surface area contributed by atoms with Crippen molar-refractivity contribution in [2.24, 2.45) is 0 Å². The van der Waals surface area contributed by atoms with Crippen molar-refractivity contribution in [3.05, 3.63) is 87.1 Å². The Labute approximate surface area is 204 Å². The number of ketones is 2. The summed E-state index contributed by atoms with van der Waals surface area (Å²) in [6, 6.07) is 13.9. The molecule has 2 amide bonds. The first-order valence-corrected chi connectivity index (χ1v) is 12.0. The molecule has 1 aromatic heterocycles. The van der Waals surface area contributed by atoms with Crippen molar-refractivity contribution in [2.45, 2.75) is 18.9 Å². The number of rotatable bonds is 5. The fourth-order valence-corrected chi connectivity index (χ4v) is 5.14. The van der Waals surface area contributed by atoms with Crippen LogP contribution >= 0.6 is 11.3 Å². The number of carbonyl (C=O) groups is 5. The molecule has 0 bridgehead atoms. The van der Waals surface area contributed by atoms with Gasteiger partial charge in [-0.3, -0.25) is 19.2 Å². The van der Waals surface area contributed by atoms with E-state index in [0.717, 1.165) is 0 Å². The van der Waals surface area contributed by atoms with Gasteiger partial charge in [0.2, 0.25) is 0 Å². The number of benzene rings is 2. The second kappa shape index (κ2) is 9.27. The molecule has 1 atom stereocenters. The van der Waals surface area contributed by atoms with Crippen molar-refractivity contribution in [1.82, 2.24) is 4.90 Å². The first kappa shape index (κ1) is 22.7.